The predicted octanol–water partition coefficient (Wildman–Crippen LogP) is 3.66. The molecule has 1 aromatic rings. The Bertz CT molecular complexity index is 289. The van der Waals surface area contributed by atoms with Crippen LogP contribution in [0.1, 0.15) is 12.0 Å². The number of rotatable bonds is 4. The van der Waals surface area contributed by atoms with Crippen LogP contribution in [-0.2, 0) is 6.42 Å². The molecule has 0 aromatic heterocycles. The Morgan fingerprint density at radius 1 is 1.14 bits per heavy atom. The van der Waals surface area contributed by atoms with Gasteiger partial charge in [0.2, 0.25) is 0 Å². The molecule has 0 bridgehead atoms. The number of aromatic hydroxyl groups is 1. The molecule has 0 spiro atoms. The topological polar surface area (TPSA) is 20.2 Å². The first kappa shape index (κ1) is 11.3. The van der Waals surface area contributed by atoms with Crippen molar-refractivity contribution in [3.63, 3.8) is 0 Å². The molecular weight excluding hydrogens is 188 g/mol. The van der Waals surface area contributed by atoms with Gasteiger partial charge in [0, 0.05) is 8.07 Å². The Morgan fingerprint density at radius 3 is 2.36 bits per heavy atom. The zero-order valence-electron chi connectivity index (χ0n) is 9.38. The quantitative estimate of drug-likeness (QED) is 0.749. The smallest absolute Gasteiger partial charge is 0.118 e. The lowest BCUT2D eigenvalue weighted by Gasteiger charge is -2.15. The summed E-state index contributed by atoms with van der Waals surface area (Å²) in [6.45, 7) is 7.16. The van der Waals surface area contributed by atoms with Gasteiger partial charge >= 0.3 is 0 Å². The minimum absolute atomic E-state index is 0.447. The normalized spacial score (nSPS) is 11.6. The van der Waals surface area contributed by atoms with Gasteiger partial charge in [0.25, 0.3) is 0 Å². The van der Waals surface area contributed by atoms with Gasteiger partial charge in [0.05, 0.1) is 0 Å². The molecule has 0 atom stereocenters. The second kappa shape index (κ2) is 4.65. The van der Waals surface area contributed by atoms with Crippen LogP contribution in [0.5, 0.6) is 5.75 Å². The summed E-state index contributed by atoms with van der Waals surface area (Å²) in [6.07, 6.45) is 2.21. The number of phenols is 1. The van der Waals surface area contributed by atoms with Crippen molar-refractivity contribution in [2.45, 2.75) is 38.5 Å². The molecule has 0 aliphatic heterocycles. The van der Waals surface area contributed by atoms with Crippen LogP contribution < -0.4 is 0 Å². The summed E-state index contributed by atoms with van der Waals surface area (Å²) in [5.41, 5.74) is 1.09. The van der Waals surface area contributed by atoms with Crippen LogP contribution in [0.4, 0.5) is 0 Å². The lowest BCUT2D eigenvalue weighted by Crippen LogP contribution is -2.18. The number of aryl methyl sites for hydroxylation is 1. The van der Waals surface area contributed by atoms with Gasteiger partial charge in [-0.1, -0.05) is 50.3 Å². The van der Waals surface area contributed by atoms with Crippen LogP contribution in [0.3, 0.4) is 0 Å². The van der Waals surface area contributed by atoms with Gasteiger partial charge in [-0.2, -0.15) is 0 Å². The van der Waals surface area contributed by atoms with E-state index in [1.54, 1.807) is 6.07 Å². The van der Waals surface area contributed by atoms with Crippen molar-refractivity contribution in [1.82, 2.24) is 0 Å². The predicted molar refractivity (Wildman–Crippen MR) is 64.6 cm³/mol. The van der Waals surface area contributed by atoms with E-state index in [4.69, 9.17) is 0 Å². The Balaban J connectivity index is 2.43. The molecular formula is C12H20OSi. The van der Waals surface area contributed by atoms with Crippen molar-refractivity contribution in [2.75, 3.05) is 0 Å². The summed E-state index contributed by atoms with van der Waals surface area (Å²) in [5.74, 6) is 0.447. The van der Waals surface area contributed by atoms with Crippen molar-refractivity contribution in [3.8, 4) is 5.75 Å². The summed E-state index contributed by atoms with van der Waals surface area (Å²) in [5, 5.41) is 9.55. The first-order chi connectivity index (χ1) is 6.49. The first-order valence-corrected chi connectivity index (χ1v) is 8.97. The molecule has 2 heteroatoms. The molecule has 0 aliphatic carbocycles. The van der Waals surface area contributed by atoms with Gasteiger partial charge in [-0.25, -0.2) is 0 Å². The molecule has 0 amide bonds. The molecule has 0 radical (unpaired) electrons. The largest absolute Gasteiger partial charge is 0.508 e. The molecule has 78 valence electrons. The Labute approximate surface area is 87.8 Å². The fraction of sp³-hybridized carbons (Fsp3) is 0.500. The maximum Gasteiger partial charge on any atom is 0.118 e. The SMILES string of the molecule is C[Si](C)(C)CCCc1ccccc1O. The van der Waals surface area contributed by atoms with Gasteiger partial charge in [0.1, 0.15) is 5.75 Å². The maximum absolute atomic E-state index is 9.55. The first-order valence-electron chi connectivity index (χ1n) is 5.26. The average Bonchev–Trinajstić information content (AvgIpc) is 2.06. The Hall–Kier alpha value is -0.763. The molecule has 0 unspecified atom stereocenters. The molecule has 0 heterocycles. The summed E-state index contributed by atoms with van der Waals surface area (Å²) >= 11 is 0. The van der Waals surface area contributed by atoms with Crippen LogP contribution in [0.15, 0.2) is 24.3 Å². The summed E-state index contributed by atoms with van der Waals surface area (Å²) < 4.78 is 0. The lowest BCUT2D eigenvalue weighted by atomic mass is 10.1. The molecule has 0 saturated heterocycles. The Morgan fingerprint density at radius 2 is 1.79 bits per heavy atom. The molecule has 0 fully saturated rings. The van der Waals surface area contributed by atoms with Crippen LogP contribution in [0.25, 0.3) is 0 Å². The van der Waals surface area contributed by atoms with E-state index in [-0.39, 0.29) is 0 Å². The fourth-order valence-electron chi connectivity index (χ4n) is 1.53. The van der Waals surface area contributed by atoms with Crippen LogP contribution in [0.2, 0.25) is 25.7 Å². The van der Waals surface area contributed by atoms with E-state index in [2.05, 4.69) is 19.6 Å². The zero-order valence-corrected chi connectivity index (χ0v) is 10.4. The van der Waals surface area contributed by atoms with Gasteiger partial charge in [-0.15, -0.1) is 0 Å². The molecule has 1 aromatic carbocycles. The van der Waals surface area contributed by atoms with Crippen molar-refractivity contribution in [2.24, 2.45) is 0 Å². The molecule has 14 heavy (non-hydrogen) atoms. The lowest BCUT2D eigenvalue weighted by molar-refractivity contribution is 0.467. The minimum Gasteiger partial charge on any atom is -0.508 e. The van der Waals surface area contributed by atoms with Crippen LogP contribution in [0, 0.1) is 0 Å². The number of hydrogen-bond acceptors (Lipinski definition) is 1. The number of phenolic OH excluding ortho intramolecular Hbond substituents is 1. The highest BCUT2D eigenvalue weighted by Crippen LogP contribution is 2.20. The fourth-order valence-corrected chi connectivity index (χ4v) is 2.77. The Kier molecular flexibility index (Phi) is 3.75. The monoisotopic (exact) mass is 208 g/mol. The molecule has 1 rings (SSSR count). The second-order valence-corrected chi connectivity index (χ2v) is 10.7. The third-order valence-electron chi connectivity index (χ3n) is 2.36. The highest BCUT2D eigenvalue weighted by Gasteiger charge is 2.12. The van der Waals surface area contributed by atoms with Gasteiger partial charge in [-0.3, -0.25) is 0 Å². The van der Waals surface area contributed by atoms with Gasteiger partial charge in [-0.05, 0) is 18.1 Å². The summed E-state index contributed by atoms with van der Waals surface area (Å²) in [7, 11) is -0.910. The van der Waals surface area contributed by atoms with Gasteiger partial charge in [0.15, 0.2) is 0 Å². The second-order valence-electron chi connectivity index (χ2n) is 5.04. The van der Waals surface area contributed by atoms with Gasteiger partial charge < -0.3 is 5.11 Å². The summed E-state index contributed by atoms with van der Waals surface area (Å²) in [6, 6.07) is 8.98. The minimum atomic E-state index is -0.910. The average molecular weight is 208 g/mol. The van der Waals surface area contributed by atoms with E-state index in [1.165, 1.54) is 12.5 Å². The number of hydrogen-bond donors (Lipinski definition) is 1. The number of para-hydroxylation sites is 1. The van der Waals surface area contributed by atoms with E-state index in [9.17, 15) is 5.11 Å². The van der Waals surface area contributed by atoms with Crippen molar-refractivity contribution in [3.05, 3.63) is 29.8 Å². The highest BCUT2D eigenvalue weighted by atomic mass is 28.3. The molecule has 1 nitrogen and oxygen atoms in total. The molecule has 0 aliphatic rings. The van der Waals surface area contributed by atoms with Crippen LogP contribution >= 0.6 is 0 Å². The van der Waals surface area contributed by atoms with Crippen molar-refractivity contribution < 1.29 is 5.11 Å². The third kappa shape index (κ3) is 3.96. The van der Waals surface area contributed by atoms with E-state index < -0.39 is 8.07 Å². The van der Waals surface area contributed by atoms with E-state index in [0.717, 1.165) is 12.0 Å². The van der Waals surface area contributed by atoms with E-state index >= 15 is 0 Å². The van der Waals surface area contributed by atoms with Crippen molar-refractivity contribution in [1.29, 1.82) is 0 Å². The molecule has 0 saturated carbocycles. The third-order valence-corrected chi connectivity index (χ3v) is 4.22. The number of benzene rings is 1. The van der Waals surface area contributed by atoms with E-state index in [0.29, 0.717) is 5.75 Å². The highest BCUT2D eigenvalue weighted by molar-refractivity contribution is 6.76. The molecule has 1 N–H and O–H groups in total. The summed E-state index contributed by atoms with van der Waals surface area (Å²) in [4.78, 5) is 0. The maximum atomic E-state index is 9.55. The van der Waals surface area contributed by atoms with Crippen LogP contribution in [-0.4, -0.2) is 13.2 Å². The van der Waals surface area contributed by atoms with E-state index in [1.807, 2.05) is 18.2 Å². The zero-order chi connectivity index (χ0) is 10.6. The van der Waals surface area contributed by atoms with Crippen molar-refractivity contribution >= 4 is 8.07 Å². The standard InChI is InChI=1S/C12H20OSi/c1-14(2,3)10-6-8-11-7-4-5-9-12(11)13/h4-5,7,9,13H,6,8,10H2,1-3H3.